The van der Waals surface area contributed by atoms with Crippen LogP contribution in [-0.2, 0) is 0 Å². The van der Waals surface area contributed by atoms with Crippen molar-refractivity contribution in [3.63, 3.8) is 0 Å². The van der Waals surface area contributed by atoms with Crippen molar-refractivity contribution in [2.75, 3.05) is 25.0 Å². The smallest absolute Gasteiger partial charge is 0.346 e. The lowest BCUT2D eigenvalue weighted by Crippen LogP contribution is -2.45. The van der Waals surface area contributed by atoms with Crippen LogP contribution in [0.1, 0.15) is 32.9 Å². The summed E-state index contributed by atoms with van der Waals surface area (Å²) in [4.78, 5) is 27.9. The van der Waals surface area contributed by atoms with E-state index in [9.17, 15) is 14.7 Å². The number of hydrogen-bond acceptors (Lipinski definition) is 4. The highest BCUT2D eigenvalue weighted by Gasteiger charge is 2.28. The van der Waals surface area contributed by atoms with Crippen LogP contribution in [0, 0.1) is 0 Å². The van der Waals surface area contributed by atoms with E-state index in [0.29, 0.717) is 24.7 Å². The van der Waals surface area contributed by atoms with Crippen LogP contribution in [0.4, 0.5) is 5.69 Å². The maximum Gasteiger partial charge on any atom is 0.346 e. The van der Waals surface area contributed by atoms with Crippen molar-refractivity contribution in [2.45, 2.75) is 18.9 Å². The second kappa shape index (κ2) is 7.05. The van der Waals surface area contributed by atoms with Crippen molar-refractivity contribution in [2.24, 2.45) is 0 Å². The van der Waals surface area contributed by atoms with Gasteiger partial charge in [-0.05, 0) is 36.4 Å². The minimum absolute atomic E-state index is 0.128. The van der Waals surface area contributed by atoms with E-state index in [-0.39, 0.29) is 10.8 Å². The number of rotatable bonds is 4. The summed E-state index contributed by atoms with van der Waals surface area (Å²) in [7, 11) is 2.08. The van der Waals surface area contributed by atoms with Crippen LogP contribution < -0.4 is 4.90 Å². The number of carbonyl (C=O) groups is 2. The lowest BCUT2D eigenvalue weighted by molar-refractivity contribution is 0.0667. The topological polar surface area (TPSA) is 60.9 Å². The van der Waals surface area contributed by atoms with Gasteiger partial charge in [-0.25, -0.2) is 4.79 Å². The zero-order valence-corrected chi connectivity index (χ0v) is 14.3. The van der Waals surface area contributed by atoms with Gasteiger partial charge in [0.2, 0.25) is 0 Å². The first-order valence-electron chi connectivity index (χ1n) is 7.96. The van der Waals surface area contributed by atoms with E-state index >= 15 is 0 Å². The Morgan fingerprint density at radius 2 is 1.83 bits per heavy atom. The molecule has 0 radical (unpaired) electrons. The monoisotopic (exact) mass is 344 g/mol. The summed E-state index contributed by atoms with van der Waals surface area (Å²) in [6.45, 7) is 1.30. The molecule has 0 spiro atoms. The molecule has 1 N–H and O–H groups in total. The minimum atomic E-state index is -1.04. The van der Waals surface area contributed by atoms with Gasteiger partial charge in [0, 0.05) is 31.9 Å². The summed E-state index contributed by atoms with van der Waals surface area (Å²) in [5, 5.41) is 10.8. The molecule has 1 fully saturated rings. The highest BCUT2D eigenvalue weighted by atomic mass is 32.1. The normalized spacial score (nSPS) is 15.3. The molecule has 5 nitrogen and oxygen atoms in total. The van der Waals surface area contributed by atoms with Crippen LogP contribution in [0.5, 0.6) is 0 Å². The number of para-hydroxylation sites is 1. The third-order valence-corrected chi connectivity index (χ3v) is 5.46. The van der Waals surface area contributed by atoms with E-state index in [4.69, 9.17) is 0 Å². The van der Waals surface area contributed by atoms with Crippen LogP contribution in [0.3, 0.4) is 0 Å². The number of carboxylic acids is 1. The second-order valence-electron chi connectivity index (χ2n) is 5.94. The van der Waals surface area contributed by atoms with Gasteiger partial charge in [-0.15, -0.1) is 11.3 Å². The predicted octanol–water partition coefficient (Wildman–Crippen LogP) is 3.19. The van der Waals surface area contributed by atoms with Crippen LogP contribution in [0.2, 0.25) is 0 Å². The van der Waals surface area contributed by atoms with Gasteiger partial charge in [-0.1, -0.05) is 18.2 Å². The minimum Gasteiger partial charge on any atom is -0.477 e. The average Bonchev–Trinajstić information content (AvgIpc) is 3.11. The number of benzene rings is 1. The molecule has 6 heteroatoms. The number of piperidine rings is 1. The molecule has 2 aromatic rings. The molecule has 1 aromatic heterocycles. The average molecular weight is 344 g/mol. The number of hydrogen-bond donors (Lipinski definition) is 1. The zero-order valence-electron chi connectivity index (χ0n) is 13.5. The Morgan fingerprint density at radius 3 is 2.46 bits per heavy atom. The van der Waals surface area contributed by atoms with Crippen LogP contribution in [0.25, 0.3) is 0 Å². The molecule has 1 amide bonds. The third kappa shape index (κ3) is 3.28. The molecule has 1 aliphatic heterocycles. The van der Waals surface area contributed by atoms with Gasteiger partial charge in [-0.3, -0.25) is 4.79 Å². The van der Waals surface area contributed by atoms with Gasteiger partial charge in [-0.2, -0.15) is 0 Å². The van der Waals surface area contributed by atoms with Gasteiger partial charge >= 0.3 is 5.97 Å². The number of aromatic carboxylic acids is 1. The molecule has 0 atom stereocenters. The van der Waals surface area contributed by atoms with Crippen LogP contribution in [0.15, 0.2) is 41.8 Å². The lowest BCUT2D eigenvalue weighted by Gasteiger charge is -2.37. The van der Waals surface area contributed by atoms with Gasteiger partial charge in [0.15, 0.2) is 0 Å². The number of carbonyl (C=O) groups excluding carboxylic acids is 1. The van der Waals surface area contributed by atoms with Crippen molar-refractivity contribution in [3.8, 4) is 0 Å². The molecular formula is C18H20N2O3S. The Balaban J connectivity index is 1.64. The van der Waals surface area contributed by atoms with Gasteiger partial charge in [0.1, 0.15) is 4.88 Å². The standard InChI is InChI=1S/C18H20N2O3S/c1-19(13-5-3-2-4-6-13)14-7-10-20(11-8-14)17(21)15-9-12-24-16(15)18(22)23/h2-6,9,12,14H,7-8,10-11H2,1H3,(H,22,23). The van der Waals surface area contributed by atoms with Gasteiger partial charge in [0.05, 0.1) is 5.56 Å². The van der Waals surface area contributed by atoms with Crippen molar-refractivity contribution in [1.29, 1.82) is 0 Å². The maximum atomic E-state index is 12.6. The van der Waals surface area contributed by atoms with Crippen molar-refractivity contribution < 1.29 is 14.7 Å². The van der Waals surface area contributed by atoms with Crippen molar-refractivity contribution >= 4 is 28.9 Å². The summed E-state index contributed by atoms with van der Waals surface area (Å²) in [6, 6.07) is 12.2. The Labute approximate surface area is 145 Å². The number of thiophene rings is 1. The number of likely N-dealkylation sites (tertiary alicyclic amines) is 1. The number of amides is 1. The molecule has 0 unspecified atom stereocenters. The van der Waals surface area contributed by atoms with Crippen LogP contribution in [-0.4, -0.2) is 48.1 Å². The second-order valence-corrected chi connectivity index (χ2v) is 6.85. The molecule has 3 rings (SSSR count). The Kier molecular flexibility index (Phi) is 4.85. The zero-order chi connectivity index (χ0) is 17.1. The largest absolute Gasteiger partial charge is 0.477 e. The van der Waals surface area contributed by atoms with E-state index in [2.05, 4.69) is 24.1 Å². The fraction of sp³-hybridized carbons (Fsp3) is 0.333. The number of carboxylic acid groups (broad SMARTS) is 1. The molecule has 1 aromatic carbocycles. The summed E-state index contributed by atoms with van der Waals surface area (Å²) < 4.78 is 0. The highest BCUT2D eigenvalue weighted by Crippen LogP contribution is 2.24. The SMILES string of the molecule is CN(c1ccccc1)C1CCN(C(=O)c2ccsc2C(=O)O)CC1. The lowest BCUT2D eigenvalue weighted by atomic mass is 10.0. The van der Waals surface area contributed by atoms with Crippen molar-refractivity contribution in [3.05, 3.63) is 52.2 Å². The highest BCUT2D eigenvalue weighted by molar-refractivity contribution is 7.12. The molecule has 0 saturated carbocycles. The molecule has 24 heavy (non-hydrogen) atoms. The fourth-order valence-corrected chi connectivity index (χ4v) is 3.87. The summed E-state index contributed by atoms with van der Waals surface area (Å²) in [5.74, 6) is -1.21. The first kappa shape index (κ1) is 16.5. The summed E-state index contributed by atoms with van der Waals surface area (Å²) >= 11 is 1.10. The third-order valence-electron chi connectivity index (χ3n) is 4.55. The Hall–Kier alpha value is -2.34. The Morgan fingerprint density at radius 1 is 1.17 bits per heavy atom. The van der Waals surface area contributed by atoms with E-state index in [0.717, 1.165) is 24.2 Å². The quantitative estimate of drug-likeness (QED) is 0.925. The number of nitrogens with zero attached hydrogens (tertiary/aromatic N) is 2. The molecular weight excluding hydrogens is 324 g/mol. The first-order chi connectivity index (χ1) is 11.6. The number of anilines is 1. The molecule has 126 valence electrons. The fourth-order valence-electron chi connectivity index (χ4n) is 3.14. The van der Waals surface area contributed by atoms with E-state index in [1.807, 2.05) is 18.2 Å². The van der Waals surface area contributed by atoms with E-state index < -0.39 is 5.97 Å². The summed E-state index contributed by atoms with van der Waals surface area (Å²) in [5.41, 5.74) is 1.48. The molecule has 0 bridgehead atoms. The molecule has 1 aliphatic rings. The van der Waals surface area contributed by atoms with Crippen LogP contribution >= 0.6 is 11.3 Å². The summed E-state index contributed by atoms with van der Waals surface area (Å²) in [6.07, 6.45) is 1.76. The molecule has 1 saturated heterocycles. The molecule has 0 aliphatic carbocycles. The first-order valence-corrected chi connectivity index (χ1v) is 8.84. The van der Waals surface area contributed by atoms with Gasteiger partial charge in [0.25, 0.3) is 5.91 Å². The molecule has 2 heterocycles. The van der Waals surface area contributed by atoms with Crippen molar-refractivity contribution in [1.82, 2.24) is 4.90 Å². The van der Waals surface area contributed by atoms with Gasteiger partial charge < -0.3 is 14.9 Å². The van der Waals surface area contributed by atoms with E-state index in [1.54, 1.807) is 16.3 Å². The van der Waals surface area contributed by atoms with E-state index in [1.165, 1.54) is 5.69 Å². The Bertz CT molecular complexity index is 721. The maximum absolute atomic E-state index is 12.6. The predicted molar refractivity (Wildman–Crippen MR) is 95.0 cm³/mol.